The molecule has 1 unspecified atom stereocenters. The van der Waals surface area contributed by atoms with Crippen molar-refractivity contribution in [1.29, 1.82) is 0 Å². The summed E-state index contributed by atoms with van der Waals surface area (Å²) in [6.45, 7) is 2.28. The molecule has 172 valence electrons. The third-order valence-corrected chi connectivity index (χ3v) is 5.96. The Bertz CT molecular complexity index is 1170. The summed E-state index contributed by atoms with van der Waals surface area (Å²) in [5.41, 5.74) is 2.76. The quantitative estimate of drug-likeness (QED) is 0.498. The van der Waals surface area contributed by atoms with Crippen molar-refractivity contribution in [2.24, 2.45) is 0 Å². The summed E-state index contributed by atoms with van der Waals surface area (Å²) < 4.78 is 51.3. The Morgan fingerprint density at radius 3 is 2.27 bits per heavy atom. The van der Waals surface area contributed by atoms with Crippen molar-refractivity contribution in [1.82, 2.24) is 4.90 Å². The Balaban J connectivity index is 1.88. The topological polar surface area (TPSA) is 38.8 Å². The summed E-state index contributed by atoms with van der Waals surface area (Å²) in [6.07, 6.45) is -3.94. The third-order valence-electron chi connectivity index (χ3n) is 5.96. The van der Waals surface area contributed by atoms with Gasteiger partial charge in [-0.05, 0) is 66.4 Å². The minimum Gasteiger partial charge on any atom is -0.493 e. The average molecular weight is 455 g/mol. The second-order valence-corrected chi connectivity index (χ2v) is 8.05. The fourth-order valence-electron chi connectivity index (χ4n) is 4.27. The van der Waals surface area contributed by atoms with E-state index in [1.165, 1.54) is 20.3 Å². The van der Waals surface area contributed by atoms with Crippen molar-refractivity contribution in [2.75, 3.05) is 20.8 Å². The largest absolute Gasteiger partial charge is 0.493 e. The van der Waals surface area contributed by atoms with Crippen LogP contribution in [0.2, 0.25) is 0 Å². The molecular weight excluding hydrogens is 431 g/mol. The van der Waals surface area contributed by atoms with E-state index in [2.05, 4.69) is 0 Å². The van der Waals surface area contributed by atoms with Crippen LogP contribution in [0.5, 0.6) is 11.5 Å². The van der Waals surface area contributed by atoms with Gasteiger partial charge in [-0.25, -0.2) is 0 Å². The molecule has 1 amide bonds. The predicted octanol–water partition coefficient (Wildman–Crippen LogP) is 5.82. The number of aryl methyl sites for hydroxylation is 1. The fourth-order valence-corrected chi connectivity index (χ4v) is 4.27. The third kappa shape index (κ3) is 4.40. The summed E-state index contributed by atoms with van der Waals surface area (Å²) in [4.78, 5) is 15.1. The van der Waals surface area contributed by atoms with E-state index >= 15 is 0 Å². The zero-order valence-electron chi connectivity index (χ0n) is 18.6. The minimum atomic E-state index is -4.49. The number of carbonyl (C=O) groups excluding carboxylic acids is 1. The van der Waals surface area contributed by atoms with Crippen molar-refractivity contribution in [3.63, 3.8) is 0 Å². The first-order chi connectivity index (χ1) is 15.7. The van der Waals surface area contributed by atoms with Crippen molar-refractivity contribution in [2.45, 2.75) is 25.6 Å². The van der Waals surface area contributed by atoms with Gasteiger partial charge >= 0.3 is 6.18 Å². The number of benzene rings is 3. The minimum absolute atomic E-state index is 0.238. The molecule has 1 aliphatic heterocycles. The summed E-state index contributed by atoms with van der Waals surface area (Å²) in [6, 6.07) is 15.2. The van der Waals surface area contributed by atoms with Gasteiger partial charge in [0.25, 0.3) is 5.91 Å². The van der Waals surface area contributed by atoms with Gasteiger partial charge in [0.05, 0.1) is 25.8 Å². The van der Waals surface area contributed by atoms with Gasteiger partial charge in [0.15, 0.2) is 11.5 Å². The van der Waals surface area contributed by atoms with Gasteiger partial charge in [0, 0.05) is 12.1 Å². The molecule has 1 atom stereocenters. The normalized spacial score (nSPS) is 15.7. The Morgan fingerprint density at radius 1 is 0.970 bits per heavy atom. The van der Waals surface area contributed by atoms with Gasteiger partial charge in [0.1, 0.15) is 0 Å². The van der Waals surface area contributed by atoms with Crippen molar-refractivity contribution >= 4 is 5.91 Å². The van der Waals surface area contributed by atoms with E-state index in [0.717, 1.165) is 28.8 Å². The van der Waals surface area contributed by atoms with Crippen LogP contribution in [0, 0.1) is 6.92 Å². The van der Waals surface area contributed by atoms with Crippen LogP contribution < -0.4 is 9.47 Å². The van der Waals surface area contributed by atoms with E-state index < -0.39 is 17.8 Å². The van der Waals surface area contributed by atoms with E-state index in [0.29, 0.717) is 35.6 Å². The molecule has 0 saturated carbocycles. The summed E-state index contributed by atoms with van der Waals surface area (Å²) in [5, 5.41) is 0. The standard InChI is InChI=1S/C26H24F3NO3/c1-16-7-9-17(10-8-16)25(31)30-12-11-18-14-22(32-2)23(33-3)15-21(18)24(30)19-5-4-6-20(13-19)26(27,28)29/h4-10,13-15,24H,11-12H2,1-3H3. The molecule has 4 nitrogen and oxygen atoms in total. The molecule has 4 rings (SSSR count). The molecule has 0 fully saturated rings. The Labute approximate surface area is 190 Å². The number of amides is 1. The highest BCUT2D eigenvalue weighted by molar-refractivity contribution is 5.95. The number of methoxy groups -OCH3 is 2. The number of halogens is 3. The molecule has 0 aromatic heterocycles. The van der Waals surface area contributed by atoms with Crippen LogP contribution in [0.15, 0.2) is 60.7 Å². The van der Waals surface area contributed by atoms with Gasteiger partial charge < -0.3 is 14.4 Å². The molecule has 0 N–H and O–H groups in total. The van der Waals surface area contributed by atoms with E-state index in [-0.39, 0.29) is 5.91 Å². The maximum Gasteiger partial charge on any atom is 0.416 e. The lowest BCUT2D eigenvalue weighted by Crippen LogP contribution is -2.40. The van der Waals surface area contributed by atoms with Crippen LogP contribution in [0.4, 0.5) is 13.2 Å². The number of carbonyl (C=O) groups is 1. The SMILES string of the molecule is COc1cc2c(cc1OC)C(c1cccc(C(F)(F)F)c1)N(C(=O)c1ccc(C)cc1)CC2. The molecule has 3 aromatic carbocycles. The van der Waals surface area contributed by atoms with Crippen LogP contribution in [0.1, 0.15) is 44.2 Å². The second kappa shape index (κ2) is 8.81. The second-order valence-electron chi connectivity index (χ2n) is 8.05. The lowest BCUT2D eigenvalue weighted by Gasteiger charge is -2.38. The number of nitrogens with zero attached hydrogens (tertiary/aromatic N) is 1. The molecule has 0 saturated heterocycles. The first-order valence-electron chi connectivity index (χ1n) is 10.5. The molecule has 0 aliphatic carbocycles. The van der Waals surface area contributed by atoms with E-state index in [9.17, 15) is 18.0 Å². The van der Waals surface area contributed by atoms with Crippen molar-refractivity contribution < 1.29 is 27.4 Å². The monoisotopic (exact) mass is 455 g/mol. The Kier molecular flexibility index (Phi) is 6.06. The van der Waals surface area contributed by atoms with Crippen LogP contribution in [0.3, 0.4) is 0 Å². The molecular formula is C26H24F3NO3. The molecule has 3 aromatic rings. The van der Waals surface area contributed by atoms with Crippen LogP contribution in [0.25, 0.3) is 0 Å². The number of fused-ring (bicyclic) bond motifs is 1. The highest BCUT2D eigenvalue weighted by Gasteiger charge is 2.36. The van der Waals surface area contributed by atoms with Gasteiger partial charge in [0.2, 0.25) is 0 Å². The Morgan fingerprint density at radius 2 is 1.64 bits per heavy atom. The van der Waals surface area contributed by atoms with Gasteiger partial charge in [-0.2, -0.15) is 13.2 Å². The number of rotatable bonds is 4. The van der Waals surface area contributed by atoms with Crippen LogP contribution in [-0.2, 0) is 12.6 Å². The first kappa shape index (κ1) is 22.7. The summed E-state index contributed by atoms with van der Waals surface area (Å²) >= 11 is 0. The predicted molar refractivity (Wildman–Crippen MR) is 119 cm³/mol. The van der Waals surface area contributed by atoms with E-state index in [1.807, 2.05) is 25.1 Å². The first-order valence-corrected chi connectivity index (χ1v) is 10.5. The van der Waals surface area contributed by atoms with Crippen LogP contribution in [-0.4, -0.2) is 31.6 Å². The summed E-state index contributed by atoms with van der Waals surface area (Å²) in [7, 11) is 3.03. The van der Waals surface area contributed by atoms with Gasteiger partial charge in [-0.3, -0.25) is 4.79 Å². The molecule has 0 radical (unpaired) electrons. The molecule has 1 aliphatic rings. The molecule has 33 heavy (non-hydrogen) atoms. The maximum absolute atomic E-state index is 13.5. The molecule has 0 bridgehead atoms. The molecule has 0 spiro atoms. The number of hydrogen-bond acceptors (Lipinski definition) is 3. The lowest BCUT2D eigenvalue weighted by molar-refractivity contribution is -0.137. The fraction of sp³-hybridized carbons (Fsp3) is 0.269. The summed E-state index contributed by atoms with van der Waals surface area (Å²) in [5.74, 6) is 0.757. The lowest BCUT2D eigenvalue weighted by atomic mass is 9.86. The molecule has 7 heteroatoms. The average Bonchev–Trinajstić information content (AvgIpc) is 2.82. The zero-order chi connectivity index (χ0) is 23.8. The number of ether oxygens (including phenoxy) is 2. The highest BCUT2D eigenvalue weighted by Crippen LogP contribution is 2.42. The van der Waals surface area contributed by atoms with Crippen LogP contribution >= 0.6 is 0 Å². The van der Waals surface area contributed by atoms with Gasteiger partial charge in [-0.1, -0.05) is 29.8 Å². The van der Waals surface area contributed by atoms with Gasteiger partial charge in [-0.15, -0.1) is 0 Å². The number of hydrogen-bond donors (Lipinski definition) is 0. The zero-order valence-corrected chi connectivity index (χ0v) is 18.6. The number of alkyl halides is 3. The Hall–Kier alpha value is -3.48. The van der Waals surface area contributed by atoms with Crippen molar-refractivity contribution in [3.8, 4) is 11.5 Å². The van der Waals surface area contributed by atoms with E-state index in [1.54, 1.807) is 29.2 Å². The maximum atomic E-state index is 13.5. The molecule has 1 heterocycles. The van der Waals surface area contributed by atoms with Crippen molar-refractivity contribution in [3.05, 3.63) is 94.0 Å². The smallest absolute Gasteiger partial charge is 0.416 e. The van der Waals surface area contributed by atoms with E-state index in [4.69, 9.17) is 9.47 Å². The highest BCUT2D eigenvalue weighted by atomic mass is 19.4.